The largest absolute Gasteiger partial charge is 0.481 e. The zero-order chi connectivity index (χ0) is 15.2. The molecule has 0 saturated heterocycles. The zero-order valence-electron chi connectivity index (χ0n) is 12.5. The Morgan fingerprint density at radius 2 is 1.95 bits per heavy atom. The molecule has 4 nitrogen and oxygen atoms in total. The quantitative estimate of drug-likeness (QED) is 0.846. The summed E-state index contributed by atoms with van der Waals surface area (Å²) in [6.45, 7) is 2.06. The van der Waals surface area contributed by atoms with Gasteiger partial charge in [-0.05, 0) is 44.6 Å². The van der Waals surface area contributed by atoms with E-state index in [0.717, 1.165) is 19.3 Å². The van der Waals surface area contributed by atoms with Crippen molar-refractivity contribution < 1.29 is 14.7 Å². The molecular formula is C17H23NO3. The van der Waals surface area contributed by atoms with Gasteiger partial charge in [0.05, 0.1) is 5.92 Å². The molecule has 2 rings (SSSR count). The van der Waals surface area contributed by atoms with Crippen LogP contribution in [0.2, 0.25) is 0 Å². The molecule has 1 aromatic carbocycles. The van der Waals surface area contributed by atoms with Crippen molar-refractivity contribution in [3.63, 3.8) is 0 Å². The van der Waals surface area contributed by atoms with Crippen LogP contribution in [0.5, 0.6) is 0 Å². The van der Waals surface area contributed by atoms with Gasteiger partial charge < -0.3 is 10.4 Å². The van der Waals surface area contributed by atoms with Gasteiger partial charge in [0, 0.05) is 12.5 Å². The van der Waals surface area contributed by atoms with Gasteiger partial charge in [-0.25, -0.2) is 0 Å². The van der Waals surface area contributed by atoms with Gasteiger partial charge in [0.15, 0.2) is 0 Å². The predicted octanol–water partition coefficient (Wildman–Crippen LogP) is 2.69. The first-order valence-electron chi connectivity index (χ1n) is 7.62. The highest BCUT2D eigenvalue weighted by Crippen LogP contribution is 2.25. The Kier molecular flexibility index (Phi) is 5.37. The van der Waals surface area contributed by atoms with Crippen molar-refractivity contribution in [1.29, 1.82) is 0 Å². The number of benzene rings is 1. The van der Waals surface area contributed by atoms with Crippen molar-refractivity contribution in [2.45, 2.75) is 51.5 Å². The van der Waals surface area contributed by atoms with Crippen LogP contribution in [0.15, 0.2) is 24.3 Å². The maximum Gasteiger partial charge on any atom is 0.306 e. The summed E-state index contributed by atoms with van der Waals surface area (Å²) in [5.74, 6) is -0.993. The number of carbonyl (C=O) groups excluding carboxylic acids is 1. The van der Waals surface area contributed by atoms with E-state index >= 15 is 0 Å². The van der Waals surface area contributed by atoms with Crippen LogP contribution < -0.4 is 5.32 Å². The molecule has 0 heterocycles. The number of carbonyl (C=O) groups is 2. The summed E-state index contributed by atoms with van der Waals surface area (Å²) in [5.41, 5.74) is 2.49. The van der Waals surface area contributed by atoms with Crippen LogP contribution >= 0.6 is 0 Å². The van der Waals surface area contributed by atoms with E-state index in [4.69, 9.17) is 5.11 Å². The van der Waals surface area contributed by atoms with Gasteiger partial charge in [-0.3, -0.25) is 9.59 Å². The first-order chi connectivity index (χ1) is 10.0. The molecule has 0 aromatic heterocycles. The Morgan fingerprint density at radius 3 is 2.57 bits per heavy atom. The predicted molar refractivity (Wildman–Crippen MR) is 81.0 cm³/mol. The fourth-order valence-electron chi connectivity index (χ4n) is 2.84. The highest BCUT2D eigenvalue weighted by atomic mass is 16.4. The Bertz CT molecular complexity index is 495. The van der Waals surface area contributed by atoms with E-state index in [9.17, 15) is 9.59 Å². The van der Waals surface area contributed by atoms with Gasteiger partial charge in [0.1, 0.15) is 0 Å². The van der Waals surface area contributed by atoms with Crippen LogP contribution in [-0.4, -0.2) is 23.0 Å². The van der Waals surface area contributed by atoms with Crippen molar-refractivity contribution in [1.82, 2.24) is 5.32 Å². The van der Waals surface area contributed by atoms with E-state index < -0.39 is 5.97 Å². The molecule has 114 valence electrons. The average molecular weight is 289 g/mol. The molecule has 0 aliphatic heterocycles. The lowest BCUT2D eigenvalue weighted by atomic mass is 10.1. The molecule has 1 amide bonds. The third-order valence-corrected chi connectivity index (χ3v) is 4.14. The van der Waals surface area contributed by atoms with Crippen LogP contribution in [0.3, 0.4) is 0 Å². The molecule has 1 saturated carbocycles. The number of carboxylic acids is 1. The van der Waals surface area contributed by atoms with E-state index in [1.54, 1.807) is 0 Å². The monoisotopic (exact) mass is 289 g/mol. The number of hydrogen-bond acceptors (Lipinski definition) is 2. The highest BCUT2D eigenvalue weighted by Gasteiger charge is 2.30. The summed E-state index contributed by atoms with van der Waals surface area (Å²) in [7, 11) is 0. The maximum absolute atomic E-state index is 11.9. The van der Waals surface area contributed by atoms with Gasteiger partial charge in [0.25, 0.3) is 0 Å². The van der Waals surface area contributed by atoms with Crippen LogP contribution in [-0.2, 0) is 16.0 Å². The minimum Gasteiger partial charge on any atom is -0.481 e. The van der Waals surface area contributed by atoms with Gasteiger partial charge in [-0.2, -0.15) is 0 Å². The summed E-state index contributed by atoms with van der Waals surface area (Å²) >= 11 is 0. The Labute approximate surface area is 125 Å². The maximum atomic E-state index is 11.9. The molecule has 1 fully saturated rings. The van der Waals surface area contributed by atoms with Crippen LogP contribution in [0, 0.1) is 12.8 Å². The molecule has 1 aromatic rings. The number of amides is 1. The standard InChI is InChI=1S/C17H23NO3/c1-12-5-7-13(8-6-12)3-2-4-16(19)18-15-10-9-14(11-15)17(20)21/h5-8,14-15H,2-4,9-11H2,1H3,(H,18,19)(H,20,21)/t14-,15+/m0/s1. The SMILES string of the molecule is Cc1ccc(CCCC(=O)N[C@@H]2CC[C@H](C(=O)O)C2)cc1. The number of nitrogens with one attached hydrogen (secondary N) is 1. The van der Waals surface area contributed by atoms with E-state index in [1.807, 2.05) is 0 Å². The van der Waals surface area contributed by atoms with Gasteiger partial charge in [-0.1, -0.05) is 29.8 Å². The number of aryl methyl sites for hydroxylation is 2. The molecule has 0 radical (unpaired) electrons. The number of hydrogen-bond donors (Lipinski definition) is 2. The molecule has 2 N–H and O–H groups in total. The molecule has 0 bridgehead atoms. The van der Waals surface area contributed by atoms with E-state index in [-0.39, 0.29) is 17.9 Å². The normalized spacial score (nSPS) is 21.2. The van der Waals surface area contributed by atoms with Crippen molar-refractivity contribution in [2.75, 3.05) is 0 Å². The topological polar surface area (TPSA) is 66.4 Å². The molecule has 0 spiro atoms. The van der Waals surface area contributed by atoms with Gasteiger partial charge >= 0.3 is 5.97 Å². The van der Waals surface area contributed by atoms with Gasteiger partial charge in [-0.15, -0.1) is 0 Å². The summed E-state index contributed by atoms with van der Waals surface area (Å²) < 4.78 is 0. The third-order valence-electron chi connectivity index (χ3n) is 4.14. The number of rotatable bonds is 6. The first-order valence-corrected chi connectivity index (χ1v) is 7.62. The van der Waals surface area contributed by atoms with Crippen LogP contribution in [0.25, 0.3) is 0 Å². The molecule has 2 atom stereocenters. The lowest BCUT2D eigenvalue weighted by Gasteiger charge is -2.12. The smallest absolute Gasteiger partial charge is 0.306 e. The molecule has 21 heavy (non-hydrogen) atoms. The van der Waals surface area contributed by atoms with E-state index in [0.29, 0.717) is 19.3 Å². The minimum absolute atomic E-state index is 0.0398. The lowest BCUT2D eigenvalue weighted by molar-refractivity contribution is -0.141. The third kappa shape index (κ3) is 4.88. The summed E-state index contributed by atoms with van der Waals surface area (Å²) in [4.78, 5) is 22.7. The Balaban J connectivity index is 1.66. The van der Waals surface area contributed by atoms with Crippen molar-refractivity contribution in [3.05, 3.63) is 35.4 Å². The van der Waals surface area contributed by atoms with Crippen molar-refractivity contribution >= 4 is 11.9 Å². The van der Waals surface area contributed by atoms with E-state index in [2.05, 4.69) is 36.5 Å². The Hall–Kier alpha value is -1.84. The fraction of sp³-hybridized carbons (Fsp3) is 0.529. The first kappa shape index (κ1) is 15.5. The number of carboxylic acid groups (broad SMARTS) is 1. The number of aliphatic carboxylic acids is 1. The van der Waals surface area contributed by atoms with Crippen molar-refractivity contribution in [2.24, 2.45) is 5.92 Å². The highest BCUT2D eigenvalue weighted by molar-refractivity contribution is 5.76. The second kappa shape index (κ2) is 7.25. The second-order valence-corrected chi connectivity index (χ2v) is 5.95. The van der Waals surface area contributed by atoms with Crippen LogP contribution in [0.4, 0.5) is 0 Å². The average Bonchev–Trinajstić information content (AvgIpc) is 2.90. The molecule has 1 aliphatic rings. The van der Waals surface area contributed by atoms with E-state index in [1.165, 1.54) is 11.1 Å². The van der Waals surface area contributed by atoms with Gasteiger partial charge in [0.2, 0.25) is 5.91 Å². The minimum atomic E-state index is -0.744. The lowest BCUT2D eigenvalue weighted by Crippen LogP contribution is -2.33. The van der Waals surface area contributed by atoms with Crippen LogP contribution in [0.1, 0.15) is 43.2 Å². The fourth-order valence-corrected chi connectivity index (χ4v) is 2.84. The molecule has 1 aliphatic carbocycles. The summed E-state index contributed by atoms with van der Waals surface area (Å²) in [5, 5.41) is 11.9. The van der Waals surface area contributed by atoms with Crippen molar-refractivity contribution in [3.8, 4) is 0 Å². The summed E-state index contributed by atoms with van der Waals surface area (Å²) in [6.07, 6.45) is 4.24. The zero-order valence-corrected chi connectivity index (χ0v) is 12.5. The molecular weight excluding hydrogens is 266 g/mol. The Morgan fingerprint density at radius 1 is 1.24 bits per heavy atom. The summed E-state index contributed by atoms with van der Waals surface area (Å²) in [6, 6.07) is 8.40. The molecule has 0 unspecified atom stereocenters. The second-order valence-electron chi connectivity index (χ2n) is 5.95. The molecule has 4 heteroatoms.